The van der Waals surface area contributed by atoms with Crippen molar-refractivity contribution in [2.24, 2.45) is 11.3 Å². The van der Waals surface area contributed by atoms with Crippen molar-refractivity contribution in [2.75, 3.05) is 0 Å². The van der Waals surface area contributed by atoms with E-state index in [0.717, 1.165) is 24.3 Å². The van der Waals surface area contributed by atoms with Crippen molar-refractivity contribution < 1.29 is 4.79 Å². The highest BCUT2D eigenvalue weighted by Gasteiger charge is 2.30. The standard InChI is InChI=1S/C21H26ClN3O/c1-21(2,3)15-7-9-16(10-8-15)25-20(26)18-11-6-14(13-24-18)19-17(22)5-4-12-23-19/h4-6,11-13,15-16H,7-10H2,1-3H3,(H,25,26). The fourth-order valence-corrected chi connectivity index (χ4v) is 3.86. The van der Waals surface area contributed by atoms with E-state index in [-0.39, 0.29) is 11.9 Å². The molecule has 1 aliphatic rings. The van der Waals surface area contributed by atoms with Gasteiger partial charge in [-0.05, 0) is 61.3 Å². The van der Waals surface area contributed by atoms with Crippen molar-refractivity contribution >= 4 is 17.5 Å². The largest absolute Gasteiger partial charge is 0.348 e. The molecule has 0 spiro atoms. The highest BCUT2D eigenvalue weighted by atomic mass is 35.5. The van der Waals surface area contributed by atoms with E-state index >= 15 is 0 Å². The number of hydrogen-bond acceptors (Lipinski definition) is 3. The summed E-state index contributed by atoms with van der Waals surface area (Å²) in [7, 11) is 0. The maximum absolute atomic E-state index is 12.5. The summed E-state index contributed by atoms with van der Waals surface area (Å²) in [5.74, 6) is 0.624. The van der Waals surface area contributed by atoms with Gasteiger partial charge in [-0.25, -0.2) is 0 Å². The van der Waals surface area contributed by atoms with Crippen LogP contribution < -0.4 is 5.32 Å². The van der Waals surface area contributed by atoms with E-state index in [1.165, 1.54) is 12.8 Å². The topological polar surface area (TPSA) is 54.9 Å². The van der Waals surface area contributed by atoms with Crippen molar-refractivity contribution in [3.05, 3.63) is 47.4 Å². The molecule has 0 atom stereocenters. The summed E-state index contributed by atoms with van der Waals surface area (Å²) >= 11 is 6.16. The molecule has 138 valence electrons. The molecule has 1 amide bonds. The van der Waals surface area contributed by atoms with Gasteiger partial charge in [0.2, 0.25) is 0 Å². The predicted octanol–water partition coefficient (Wildman–Crippen LogP) is 5.13. The van der Waals surface area contributed by atoms with Crippen LogP contribution in [0.25, 0.3) is 11.3 Å². The first-order valence-corrected chi connectivity index (χ1v) is 9.60. The quantitative estimate of drug-likeness (QED) is 0.813. The number of rotatable bonds is 3. The van der Waals surface area contributed by atoms with Crippen molar-refractivity contribution in [2.45, 2.75) is 52.5 Å². The molecule has 1 aliphatic carbocycles. The van der Waals surface area contributed by atoms with E-state index in [0.29, 0.717) is 21.8 Å². The fourth-order valence-electron chi connectivity index (χ4n) is 3.63. The summed E-state index contributed by atoms with van der Waals surface area (Å²) in [5, 5.41) is 3.71. The first kappa shape index (κ1) is 18.8. The number of pyridine rings is 2. The Hall–Kier alpha value is -1.94. The Kier molecular flexibility index (Phi) is 5.61. The van der Waals surface area contributed by atoms with Gasteiger partial charge in [-0.3, -0.25) is 14.8 Å². The van der Waals surface area contributed by atoms with Gasteiger partial charge in [-0.15, -0.1) is 0 Å². The highest BCUT2D eigenvalue weighted by Crippen LogP contribution is 2.37. The molecular formula is C21H26ClN3O. The summed E-state index contributed by atoms with van der Waals surface area (Å²) < 4.78 is 0. The van der Waals surface area contributed by atoms with Crippen molar-refractivity contribution in [1.82, 2.24) is 15.3 Å². The summed E-state index contributed by atoms with van der Waals surface area (Å²) in [6.07, 6.45) is 7.75. The lowest BCUT2D eigenvalue weighted by Gasteiger charge is -2.37. The third-order valence-corrected chi connectivity index (χ3v) is 5.62. The Labute approximate surface area is 160 Å². The third kappa shape index (κ3) is 4.42. The van der Waals surface area contributed by atoms with Crippen molar-refractivity contribution in [3.8, 4) is 11.3 Å². The summed E-state index contributed by atoms with van der Waals surface area (Å²) in [5.41, 5.74) is 2.25. The highest BCUT2D eigenvalue weighted by molar-refractivity contribution is 6.33. The van der Waals surface area contributed by atoms with Crippen LogP contribution in [0, 0.1) is 11.3 Å². The zero-order chi connectivity index (χ0) is 18.7. The molecule has 0 aromatic carbocycles. The first-order valence-electron chi connectivity index (χ1n) is 9.22. The Bertz CT molecular complexity index is 760. The van der Waals surface area contributed by atoms with Crippen molar-refractivity contribution in [3.63, 3.8) is 0 Å². The van der Waals surface area contributed by atoms with Crippen LogP contribution in [0.3, 0.4) is 0 Å². The van der Waals surface area contributed by atoms with Gasteiger partial charge in [-0.2, -0.15) is 0 Å². The molecule has 26 heavy (non-hydrogen) atoms. The maximum atomic E-state index is 12.5. The molecule has 2 aromatic heterocycles. The lowest BCUT2D eigenvalue weighted by atomic mass is 9.71. The number of halogens is 1. The molecule has 0 unspecified atom stereocenters. The first-order chi connectivity index (χ1) is 12.3. The molecule has 0 bridgehead atoms. The Morgan fingerprint density at radius 3 is 2.42 bits per heavy atom. The molecule has 1 saturated carbocycles. The zero-order valence-electron chi connectivity index (χ0n) is 15.6. The van der Waals surface area contributed by atoms with Gasteiger partial charge in [0.05, 0.1) is 10.7 Å². The van der Waals surface area contributed by atoms with Gasteiger partial charge in [0.25, 0.3) is 5.91 Å². The number of nitrogens with zero attached hydrogens (tertiary/aromatic N) is 2. The van der Waals surface area contributed by atoms with Crippen LogP contribution in [0.1, 0.15) is 56.9 Å². The zero-order valence-corrected chi connectivity index (χ0v) is 16.4. The molecule has 1 fully saturated rings. The number of carbonyl (C=O) groups excluding carboxylic acids is 1. The van der Waals surface area contributed by atoms with E-state index in [4.69, 9.17) is 11.6 Å². The number of hydrogen-bond donors (Lipinski definition) is 1. The van der Waals surface area contributed by atoms with Gasteiger partial charge < -0.3 is 5.32 Å². The summed E-state index contributed by atoms with van der Waals surface area (Å²) in [6, 6.07) is 7.39. The smallest absolute Gasteiger partial charge is 0.270 e. The maximum Gasteiger partial charge on any atom is 0.270 e. The molecule has 0 saturated heterocycles. The van der Waals surface area contributed by atoms with Crippen LogP contribution in [0.4, 0.5) is 0 Å². The summed E-state index contributed by atoms with van der Waals surface area (Å²) in [4.78, 5) is 21.1. The van der Waals surface area contributed by atoms with Gasteiger partial charge in [0, 0.05) is 24.0 Å². The average molecular weight is 372 g/mol. The molecule has 5 heteroatoms. The van der Waals surface area contributed by atoms with Crippen LogP contribution in [-0.4, -0.2) is 21.9 Å². The molecule has 4 nitrogen and oxygen atoms in total. The molecule has 0 aliphatic heterocycles. The molecular weight excluding hydrogens is 346 g/mol. The summed E-state index contributed by atoms with van der Waals surface area (Å²) in [6.45, 7) is 6.90. The van der Waals surface area contributed by atoms with Crippen molar-refractivity contribution in [1.29, 1.82) is 0 Å². The minimum atomic E-state index is -0.108. The van der Waals surface area contributed by atoms with E-state index in [2.05, 4.69) is 36.1 Å². The number of nitrogens with one attached hydrogen (secondary N) is 1. The van der Waals surface area contributed by atoms with E-state index in [9.17, 15) is 4.79 Å². The second-order valence-electron chi connectivity index (χ2n) is 8.15. The minimum absolute atomic E-state index is 0.108. The van der Waals surface area contributed by atoms with E-state index in [1.54, 1.807) is 30.6 Å². The Morgan fingerprint density at radius 1 is 1.12 bits per heavy atom. The Balaban J connectivity index is 1.60. The fraction of sp³-hybridized carbons (Fsp3) is 0.476. The van der Waals surface area contributed by atoms with Crippen LogP contribution in [0.15, 0.2) is 36.7 Å². The van der Waals surface area contributed by atoms with Gasteiger partial charge in [0.15, 0.2) is 0 Å². The molecule has 0 radical (unpaired) electrons. The molecule has 2 aromatic rings. The number of aromatic nitrogens is 2. The lowest BCUT2D eigenvalue weighted by Crippen LogP contribution is -2.39. The van der Waals surface area contributed by atoms with E-state index < -0.39 is 0 Å². The normalized spacial score (nSPS) is 20.6. The number of amides is 1. The predicted molar refractivity (Wildman–Crippen MR) is 105 cm³/mol. The monoisotopic (exact) mass is 371 g/mol. The molecule has 2 heterocycles. The van der Waals surface area contributed by atoms with Gasteiger partial charge >= 0.3 is 0 Å². The SMILES string of the molecule is CC(C)(C)C1CCC(NC(=O)c2ccc(-c3ncccc3Cl)cn2)CC1. The third-order valence-electron chi connectivity index (χ3n) is 5.32. The minimum Gasteiger partial charge on any atom is -0.348 e. The second-order valence-corrected chi connectivity index (χ2v) is 8.56. The van der Waals surface area contributed by atoms with Crippen LogP contribution in [0.2, 0.25) is 5.02 Å². The lowest BCUT2D eigenvalue weighted by molar-refractivity contribution is 0.0899. The molecule has 3 rings (SSSR count). The van der Waals surface area contributed by atoms with Gasteiger partial charge in [0.1, 0.15) is 5.69 Å². The number of carbonyl (C=O) groups is 1. The van der Waals surface area contributed by atoms with Crippen LogP contribution in [-0.2, 0) is 0 Å². The van der Waals surface area contributed by atoms with Gasteiger partial charge in [-0.1, -0.05) is 32.4 Å². The average Bonchev–Trinajstić information content (AvgIpc) is 2.62. The van der Waals surface area contributed by atoms with Crippen LogP contribution >= 0.6 is 11.6 Å². The second kappa shape index (κ2) is 7.75. The molecule has 1 N–H and O–H groups in total. The van der Waals surface area contributed by atoms with Crippen LogP contribution in [0.5, 0.6) is 0 Å². The Morgan fingerprint density at radius 2 is 1.85 bits per heavy atom. The van der Waals surface area contributed by atoms with E-state index in [1.807, 2.05) is 6.07 Å².